The molecule has 0 saturated heterocycles. The molecule has 20 heavy (non-hydrogen) atoms. The number of nitrogens with two attached hydrogens (primary N) is 1. The van der Waals surface area contributed by atoms with Gasteiger partial charge in [0.25, 0.3) is 0 Å². The normalized spacial score (nSPS) is 30.2. The molecule has 0 amide bonds. The van der Waals surface area contributed by atoms with Crippen LogP contribution in [-0.2, 0) is 0 Å². The molecule has 0 radical (unpaired) electrons. The summed E-state index contributed by atoms with van der Waals surface area (Å²) in [5.41, 5.74) is 6.35. The van der Waals surface area contributed by atoms with Gasteiger partial charge in [0.15, 0.2) is 11.5 Å². The van der Waals surface area contributed by atoms with Crippen molar-refractivity contribution in [2.45, 2.75) is 24.7 Å². The molecular weight excluding hydrogens is 288 g/mol. The number of hydrogen-bond acceptors (Lipinski definition) is 6. The van der Waals surface area contributed by atoms with Gasteiger partial charge in [0.1, 0.15) is 11.7 Å². The first-order valence-electron chi connectivity index (χ1n) is 6.11. The highest BCUT2D eigenvalue weighted by Crippen LogP contribution is 2.38. The molecule has 108 valence electrons. The highest BCUT2D eigenvalue weighted by atomic mass is 35.5. The van der Waals surface area contributed by atoms with Gasteiger partial charge in [-0.05, 0) is 18.0 Å². The lowest BCUT2D eigenvalue weighted by molar-refractivity contribution is 0.0400. The molecule has 3 rings (SSSR count). The van der Waals surface area contributed by atoms with Crippen molar-refractivity contribution in [3.63, 3.8) is 0 Å². The van der Waals surface area contributed by atoms with Crippen molar-refractivity contribution < 1.29 is 14.6 Å². The Kier molecular flexibility index (Phi) is 3.23. The molecule has 0 bridgehead atoms. The van der Waals surface area contributed by atoms with Gasteiger partial charge < -0.3 is 20.5 Å². The Morgan fingerprint density at radius 2 is 2.25 bits per heavy atom. The Morgan fingerprint density at radius 3 is 2.90 bits per heavy atom. The third kappa shape index (κ3) is 1.91. The summed E-state index contributed by atoms with van der Waals surface area (Å²) in [6.45, 7) is -0.275. The molecule has 9 heteroatoms. The maximum atomic E-state index is 14.2. The molecular formula is C11H13ClFN5O2. The first kappa shape index (κ1) is 13.5. The summed E-state index contributed by atoms with van der Waals surface area (Å²) in [4.78, 5) is 11.9. The van der Waals surface area contributed by atoms with Crippen LogP contribution >= 0.6 is 11.6 Å². The number of aliphatic hydroxyl groups is 2. The number of alkyl halides is 1. The average Bonchev–Trinajstić information content (AvgIpc) is 2.93. The van der Waals surface area contributed by atoms with E-state index in [1.165, 1.54) is 10.9 Å². The molecule has 1 saturated carbocycles. The Hall–Kier alpha value is -1.51. The maximum absolute atomic E-state index is 14.2. The Bertz CT molecular complexity index is 651. The highest BCUT2D eigenvalue weighted by Gasteiger charge is 2.44. The second kappa shape index (κ2) is 4.80. The van der Waals surface area contributed by atoms with E-state index in [1.807, 2.05) is 0 Å². The van der Waals surface area contributed by atoms with Crippen molar-refractivity contribution in [2.75, 3.05) is 12.3 Å². The van der Waals surface area contributed by atoms with Crippen molar-refractivity contribution >= 4 is 28.6 Å². The molecule has 7 nitrogen and oxygen atoms in total. The molecule has 0 aliphatic heterocycles. The SMILES string of the molecule is Nc1nc(Cl)nc2c1ncn2C1CC(CO)C(O)C1[18F]. The van der Waals surface area contributed by atoms with E-state index in [-0.39, 0.29) is 24.1 Å². The Labute approximate surface area is 118 Å². The Morgan fingerprint density at radius 1 is 1.50 bits per heavy atom. The predicted octanol–water partition coefficient (Wildman–Crippen LogP) is 0.314. The smallest absolute Gasteiger partial charge is 0.226 e. The second-order valence-corrected chi connectivity index (χ2v) is 5.22. The molecule has 1 aliphatic carbocycles. The van der Waals surface area contributed by atoms with Crippen LogP contribution in [0.2, 0.25) is 5.28 Å². The predicted molar refractivity (Wildman–Crippen MR) is 69.9 cm³/mol. The molecule has 4 unspecified atom stereocenters. The summed E-state index contributed by atoms with van der Waals surface area (Å²) in [6, 6.07) is -0.669. The molecule has 1 fully saturated rings. The van der Waals surface area contributed by atoms with E-state index in [2.05, 4.69) is 15.0 Å². The number of anilines is 1. The first-order valence-corrected chi connectivity index (χ1v) is 6.49. The van der Waals surface area contributed by atoms with Crippen molar-refractivity contribution in [2.24, 2.45) is 5.92 Å². The minimum Gasteiger partial charge on any atom is -0.396 e. The number of nitrogens with zero attached hydrogens (tertiary/aromatic N) is 4. The fourth-order valence-corrected chi connectivity index (χ4v) is 2.84. The zero-order chi connectivity index (χ0) is 14.4. The number of hydrogen-bond donors (Lipinski definition) is 3. The van der Waals surface area contributed by atoms with Crippen molar-refractivity contribution in [3.8, 4) is 0 Å². The molecule has 0 aromatic carbocycles. The highest BCUT2D eigenvalue weighted by molar-refractivity contribution is 6.28. The summed E-state index contributed by atoms with van der Waals surface area (Å²) in [7, 11) is 0. The van der Waals surface area contributed by atoms with Gasteiger partial charge in [0.2, 0.25) is 5.28 Å². The number of aliphatic hydroxyl groups excluding tert-OH is 2. The van der Waals surface area contributed by atoms with Crippen LogP contribution in [0.4, 0.5) is 10.2 Å². The monoisotopic (exact) mass is 300 g/mol. The summed E-state index contributed by atoms with van der Waals surface area (Å²) >= 11 is 5.75. The van der Waals surface area contributed by atoms with Crippen LogP contribution in [0.25, 0.3) is 11.2 Å². The van der Waals surface area contributed by atoms with Gasteiger partial charge in [-0.1, -0.05) is 0 Å². The van der Waals surface area contributed by atoms with Gasteiger partial charge in [0, 0.05) is 12.5 Å². The summed E-state index contributed by atoms with van der Waals surface area (Å²) in [5.74, 6) is -0.395. The van der Waals surface area contributed by atoms with Crippen LogP contribution < -0.4 is 5.73 Å². The van der Waals surface area contributed by atoms with Gasteiger partial charge in [-0.25, -0.2) is 9.37 Å². The number of halogens is 2. The molecule has 2 aromatic heterocycles. The quantitative estimate of drug-likeness (QED) is 0.689. The van der Waals surface area contributed by atoms with E-state index in [9.17, 15) is 9.50 Å². The summed E-state index contributed by atoms with van der Waals surface area (Å²) in [6.07, 6.45) is -1.04. The van der Waals surface area contributed by atoms with Crippen LogP contribution in [0.15, 0.2) is 6.33 Å². The van der Waals surface area contributed by atoms with E-state index < -0.39 is 24.2 Å². The van der Waals surface area contributed by atoms with Crippen molar-refractivity contribution in [1.29, 1.82) is 0 Å². The topological polar surface area (TPSA) is 110 Å². The molecule has 2 aromatic rings. The Balaban J connectivity index is 2.07. The number of nitrogen functional groups attached to an aromatic ring is 1. The molecule has 2 heterocycles. The van der Waals surface area contributed by atoms with Gasteiger partial charge in [-0.2, -0.15) is 9.97 Å². The average molecular weight is 301 g/mol. The van der Waals surface area contributed by atoms with E-state index in [0.717, 1.165) is 0 Å². The number of imidazole rings is 1. The largest absolute Gasteiger partial charge is 0.396 e. The van der Waals surface area contributed by atoms with Crippen LogP contribution in [0.3, 0.4) is 0 Å². The molecule has 4 N–H and O–H groups in total. The third-order valence-electron chi connectivity index (χ3n) is 3.73. The fourth-order valence-electron chi connectivity index (χ4n) is 2.67. The standard InChI is InChI=1S/C11H13ClFN5O2/c12-11-16-9(14)7-10(17-11)18(3-15-7)5-1-4(2-19)8(20)6(5)13/h3-6,8,19-20H,1-2H2,(H2,14,16,17)/i13-1. The van der Waals surface area contributed by atoms with E-state index in [1.54, 1.807) is 0 Å². The van der Waals surface area contributed by atoms with E-state index in [4.69, 9.17) is 22.4 Å². The molecule has 4 atom stereocenters. The first-order chi connectivity index (χ1) is 9.52. The minimum atomic E-state index is -1.51. The lowest BCUT2D eigenvalue weighted by Crippen LogP contribution is -2.26. The second-order valence-electron chi connectivity index (χ2n) is 4.88. The van der Waals surface area contributed by atoms with E-state index in [0.29, 0.717) is 11.2 Å². The van der Waals surface area contributed by atoms with Gasteiger partial charge in [-0.15, -0.1) is 0 Å². The van der Waals surface area contributed by atoms with E-state index >= 15 is 0 Å². The van der Waals surface area contributed by atoms with Crippen molar-refractivity contribution in [3.05, 3.63) is 11.6 Å². The van der Waals surface area contributed by atoms with Crippen LogP contribution in [-0.4, -0.2) is 48.6 Å². The van der Waals surface area contributed by atoms with Crippen LogP contribution in [0.1, 0.15) is 12.5 Å². The lowest BCUT2D eigenvalue weighted by Gasteiger charge is -2.16. The number of rotatable bonds is 2. The molecule has 0 spiro atoms. The zero-order valence-electron chi connectivity index (χ0n) is 10.3. The number of fused-ring (bicyclic) bond motifs is 1. The summed E-state index contributed by atoms with van der Waals surface area (Å²) < 4.78 is 15.7. The maximum Gasteiger partial charge on any atom is 0.226 e. The number of aromatic nitrogens is 4. The summed E-state index contributed by atoms with van der Waals surface area (Å²) in [5, 5.41) is 18.9. The van der Waals surface area contributed by atoms with Crippen LogP contribution in [0.5, 0.6) is 0 Å². The van der Waals surface area contributed by atoms with Crippen molar-refractivity contribution in [1.82, 2.24) is 19.5 Å². The minimum absolute atomic E-state index is 0.0515. The fraction of sp³-hybridized carbons (Fsp3) is 0.545. The van der Waals surface area contributed by atoms with Crippen LogP contribution in [0, 0.1) is 5.92 Å². The lowest BCUT2D eigenvalue weighted by atomic mass is 10.1. The zero-order valence-corrected chi connectivity index (χ0v) is 11.1. The third-order valence-corrected chi connectivity index (χ3v) is 3.90. The van der Waals surface area contributed by atoms with Gasteiger partial charge in [0.05, 0.1) is 18.5 Å². The molecule has 1 aliphatic rings. The van der Waals surface area contributed by atoms with Gasteiger partial charge >= 0.3 is 0 Å². The van der Waals surface area contributed by atoms with Gasteiger partial charge in [-0.3, -0.25) is 0 Å².